The number of piperidine rings is 1. The Hall–Kier alpha value is -1.31. The molecular weight excluding hydrogens is 432 g/mol. The predicted octanol–water partition coefficient (Wildman–Crippen LogP) is 3.65. The van der Waals surface area contributed by atoms with Crippen molar-refractivity contribution in [2.75, 3.05) is 44.6 Å². The molecule has 2 saturated heterocycles. The summed E-state index contributed by atoms with van der Waals surface area (Å²) >= 11 is 9.52. The number of hydrogen-bond donors (Lipinski definition) is 1. The number of nitrogens with zero attached hydrogens (tertiary/aromatic N) is 3. The molecule has 0 radical (unpaired) electrons. The molecule has 6 nitrogen and oxygen atoms in total. The van der Waals surface area contributed by atoms with Crippen molar-refractivity contribution in [3.63, 3.8) is 0 Å². The summed E-state index contributed by atoms with van der Waals surface area (Å²) in [7, 11) is 0. The van der Waals surface area contributed by atoms with Gasteiger partial charge in [-0.1, -0.05) is 27.5 Å². The molecule has 0 spiro atoms. The minimum absolute atomic E-state index is 0.158. The van der Waals surface area contributed by atoms with Gasteiger partial charge in [0.05, 0.1) is 17.3 Å². The second kappa shape index (κ2) is 9.26. The normalized spacial score (nSPS) is 21.2. The number of amides is 3. The fraction of sp³-hybridized carbons (Fsp3) is 0.579. The van der Waals surface area contributed by atoms with Gasteiger partial charge in [0.2, 0.25) is 5.91 Å². The Morgan fingerprint density at radius 1 is 1.19 bits per heavy atom. The van der Waals surface area contributed by atoms with E-state index in [9.17, 15) is 9.59 Å². The van der Waals surface area contributed by atoms with Crippen LogP contribution in [0.15, 0.2) is 22.7 Å². The van der Waals surface area contributed by atoms with E-state index in [1.165, 1.54) is 6.42 Å². The fourth-order valence-corrected chi connectivity index (χ4v) is 4.37. The van der Waals surface area contributed by atoms with E-state index in [1.807, 2.05) is 11.0 Å². The number of hydrogen-bond acceptors (Lipinski definition) is 3. The molecule has 0 saturated carbocycles. The molecule has 3 amide bonds. The third-order valence-corrected chi connectivity index (χ3v) is 6.12. The lowest BCUT2D eigenvalue weighted by atomic mass is 10.0. The van der Waals surface area contributed by atoms with Crippen molar-refractivity contribution in [1.29, 1.82) is 0 Å². The summed E-state index contributed by atoms with van der Waals surface area (Å²) in [5.41, 5.74) is 0.599. The highest BCUT2D eigenvalue weighted by molar-refractivity contribution is 9.10. The zero-order valence-electron chi connectivity index (χ0n) is 15.6. The zero-order valence-corrected chi connectivity index (χ0v) is 17.9. The maximum Gasteiger partial charge on any atom is 0.321 e. The van der Waals surface area contributed by atoms with Crippen molar-refractivity contribution >= 4 is 45.2 Å². The molecule has 0 bridgehead atoms. The molecule has 1 unspecified atom stereocenters. The third kappa shape index (κ3) is 5.36. The molecule has 2 heterocycles. The number of benzene rings is 1. The standard InChI is InChI=1S/C19H26BrClN4O2/c1-14-4-2-3-7-25(14)18(26)13-23-8-10-24(11-9-23)19(27)22-17-6-5-15(20)12-16(17)21/h5-6,12,14H,2-4,7-11,13H2,1H3,(H,22,27). The smallest absolute Gasteiger partial charge is 0.321 e. The van der Waals surface area contributed by atoms with Crippen molar-refractivity contribution in [2.45, 2.75) is 32.2 Å². The van der Waals surface area contributed by atoms with Crippen LogP contribution in [0, 0.1) is 0 Å². The van der Waals surface area contributed by atoms with Gasteiger partial charge in [0, 0.05) is 43.2 Å². The lowest BCUT2D eigenvalue weighted by Crippen LogP contribution is -2.53. The first-order chi connectivity index (χ1) is 12.9. The van der Waals surface area contributed by atoms with Crippen LogP contribution in [0.1, 0.15) is 26.2 Å². The van der Waals surface area contributed by atoms with Gasteiger partial charge < -0.3 is 15.1 Å². The van der Waals surface area contributed by atoms with E-state index < -0.39 is 0 Å². The molecule has 8 heteroatoms. The maximum atomic E-state index is 12.6. The summed E-state index contributed by atoms with van der Waals surface area (Å²) in [5, 5.41) is 3.36. The van der Waals surface area contributed by atoms with Crippen LogP contribution in [0.5, 0.6) is 0 Å². The van der Waals surface area contributed by atoms with Crippen LogP contribution >= 0.6 is 27.5 Å². The molecule has 2 aliphatic rings. The Morgan fingerprint density at radius 3 is 2.59 bits per heavy atom. The van der Waals surface area contributed by atoms with E-state index >= 15 is 0 Å². The van der Waals surface area contributed by atoms with Crippen LogP contribution in [0.25, 0.3) is 0 Å². The summed E-state index contributed by atoms with van der Waals surface area (Å²) < 4.78 is 0.867. The number of halogens is 2. The molecule has 3 rings (SSSR count). The van der Waals surface area contributed by atoms with Gasteiger partial charge in [-0.25, -0.2) is 4.79 Å². The van der Waals surface area contributed by atoms with Crippen LogP contribution in [0.2, 0.25) is 5.02 Å². The SMILES string of the molecule is CC1CCCCN1C(=O)CN1CCN(C(=O)Nc2ccc(Br)cc2Cl)CC1. The number of likely N-dealkylation sites (tertiary alicyclic amines) is 1. The molecule has 1 N–H and O–H groups in total. The predicted molar refractivity (Wildman–Crippen MR) is 111 cm³/mol. The Morgan fingerprint density at radius 2 is 1.93 bits per heavy atom. The van der Waals surface area contributed by atoms with Gasteiger partial charge in [-0.15, -0.1) is 0 Å². The first kappa shape index (κ1) is 20.4. The first-order valence-corrected chi connectivity index (χ1v) is 10.6. The number of carbonyl (C=O) groups is 2. The number of carbonyl (C=O) groups excluding carboxylic acids is 2. The average Bonchev–Trinajstić information content (AvgIpc) is 2.65. The van der Waals surface area contributed by atoms with Crippen molar-refractivity contribution < 1.29 is 9.59 Å². The number of piperazine rings is 1. The summed E-state index contributed by atoms with van der Waals surface area (Å²) in [6.07, 6.45) is 3.40. The topological polar surface area (TPSA) is 55.9 Å². The fourth-order valence-electron chi connectivity index (χ4n) is 3.64. The highest BCUT2D eigenvalue weighted by atomic mass is 79.9. The third-order valence-electron chi connectivity index (χ3n) is 5.31. The van der Waals surface area contributed by atoms with Gasteiger partial charge in [0.25, 0.3) is 0 Å². The first-order valence-electron chi connectivity index (χ1n) is 9.47. The van der Waals surface area contributed by atoms with Gasteiger partial charge >= 0.3 is 6.03 Å². The van der Waals surface area contributed by atoms with Crippen LogP contribution in [0.3, 0.4) is 0 Å². The summed E-state index contributed by atoms with van der Waals surface area (Å²) in [6.45, 7) is 6.05. The van der Waals surface area contributed by atoms with Crippen molar-refractivity contribution in [2.24, 2.45) is 0 Å². The number of urea groups is 1. The Bertz CT molecular complexity index is 694. The van der Waals surface area contributed by atoms with E-state index in [2.05, 4.69) is 33.1 Å². The van der Waals surface area contributed by atoms with Gasteiger partial charge in [-0.2, -0.15) is 0 Å². The largest absolute Gasteiger partial charge is 0.339 e. The maximum absolute atomic E-state index is 12.6. The van der Waals surface area contributed by atoms with Gasteiger partial charge in [-0.3, -0.25) is 9.69 Å². The Kier molecular flexibility index (Phi) is 7.00. The van der Waals surface area contributed by atoms with Crippen LogP contribution in [-0.2, 0) is 4.79 Å². The molecular formula is C19H26BrClN4O2. The second-order valence-electron chi connectivity index (χ2n) is 7.25. The minimum atomic E-state index is -0.158. The van der Waals surface area contributed by atoms with E-state index in [0.717, 1.165) is 23.9 Å². The van der Waals surface area contributed by atoms with Gasteiger partial charge in [0.1, 0.15) is 0 Å². The molecule has 148 valence electrons. The van der Waals surface area contributed by atoms with Crippen LogP contribution in [0.4, 0.5) is 10.5 Å². The molecule has 1 aromatic carbocycles. The van der Waals surface area contributed by atoms with Gasteiger partial charge in [0.15, 0.2) is 0 Å². The number of anilines is 1. The highest BCUT2D eigenvalue weighted by Gasteiger charge is 2.27. The van der Waals surface area contributed by atoms with Crippen molar-refractivity contribution in [1.82, 2.24) is 14.7 Å². The molecule has 1 atom stereocenters. The lowest BCUT2D eigenvalue weighted by molar-refractivity contribution is -0.136. The number of rotatable bonds is 3. The molecule has 2 aliphatic heterocycles. The van der Waals surface area contributed by atoms with Crippen LogP contribution < -0.4 is 5.32 Å². The molecule has 0 aliphatic carbocycles. The van der Waals surface area contributed by atoms with Crippen LogP contribution in [-0.4, -0.2) is 71.9 Å². The molecule has 27 heavy (non-hydrogen) atoms. The second-order valence-corrected chi connectivity index (χ2v) is 8.57. The summed E-state index contributed by atoms with van der Waals surface area (Å²) in [4.78, 5) is 31.0. The Labute approximate surface area is 173 Å². The Balaban J connectivity index is 1.46. The zero-order chi connectivity index (χ0) is 19.4. The van der Waals surface area contributed by atoms with Gasteiger partial charge in [-0.05, 0) is 44.4 Å². The quantitative estimate of drug-likeness (QED) is 0.754. The molecule has 1 aromatic rings. The average molecular weight is 458 g/mol. The summed E-state index contributed by atoms with van der Waals surface area (Å²) in [6, 6.07) is 5.55. The van der Waals surface area contributed by atoms with E-state index in [0.29, 0.717) is 49.5 Å². The highest BCUT2D eigenvalue weighted by Crippen LogP contribution is 2.26. The number of nitrogens with one attached hydrogen (secondary N) is 1. The lowest BCUT2D eigenvalue weighted by Gasteiger charge is -2.38. The molecule has 2 fully saturated rings. The monoisotopic (exact) mass is 456 g/mol. The van der Waals surface area contributed by atoms with Crippen molar-refractivity contribution in [3.05, 3.63) is 27.7 Å². The summed E-state index contributed by atoms with van der Waals surface area (Å²) in [5.74, 6) is 0.210. The minimum Gasteiger partial charge on any atom is -0.339 e. The van der Waals surface area contributed by atoms with Crippen molar-refractivity contribution in [3.8, 4) is 0 Å². The van der Waals surface area contributed by atoms with E-state index in [1.54, 1.807) is 17.0 Å². The van der Waals surface area contributed by atoms with E-state index in [4.69, 9.17) is 11.6 Å². The molecule has 0 aromatic heterocycles. The van der Waals surface area contributed by atoms with E-state index in [-0.39, 0.29) is 11.9 Å².